The molecule has 8 nitrogen and oxygen atoms in total. The molecule has 2 unspecified atom stereocenters. The average molecular weight is 493 g/mol. The van der Waals surface area contributed by atoms with Gasteiger partial charge in [-0.25, -0.2) is 19.0 Å². The quantitative estimate of drug-likeness (QED) is 0.437. The molecule has 1 aliphatic heterocycles. The maximum absolute atomic E-state index is 13.8. The lowest BCUT2D eigenvalue weighted by atomic mass is 10.2. The minimum Gasteiger partial charge on any atom is -0.372 e. The molecule has 1 aromatic carbocycles. The number of ether oxygens (including phenoxy) is 1. The Morgan fingerprint density at radius 2 is 2.00 bits per heavy atom. The van der Waals surface area contributed by atoms with Gasteiger partial charge in [0.25, 0.3) is 5.91 Å². The van der Waals surface area contributed by atoms with Gasteiger partial charge in [0.15, 0.2) is 5.82 Å². The molecule has 180 valence electrons. The maximum atomic E-state index is 13.8. The molecule has 1 saturated heterocycles. The number of pyridine rings is 1. The molecule has 1 aliphatic rings. The SMILES string of the molecule is CC1CN(c2ccc(CNC(=O)c3nc(-c4cccs4)n(-c4cccc(F)c4)n3)cn2)CC(C)O1. The van der Waals surface area contributed by atoms with Gasteiger partial charge in [-0.05, 0) is 55.1 Å². The number of halogens is 1. The summed E-state index contributed by atoms with van der Waals surface area (Å²) in [4.78, 5) is 24.9. The van der Waals surface area contributed by atoms with Gasteiger partial charge >= 0.3 is 0 Å². The van der Waals surface area contributed by atoms with E-state index in [1.54, 1.807) is 18.3 Å². The molecule has 2 atom stereocenters. The number of rotatable bonds is 6. The van der Waals surface area contributed by atoms with E-state index in [1.807, 2.05) is 29.6 Å². The Kier molecular flexibility index (Phi) is 6.56. The molecule has 5 rings (SSSR count). The first kappa shape index (κ1) is 23.1. The second-order valence-electron chi connectivity index (χ2n) is 8.50. The van der Waals surface area contributed by atoms with Crippen LogP contribution in [-0.2, 0) is 11.3 Å². The summed E-state index contributed by atoms with van der Waals surface area (Å²) in [5.74, 6) is 0.573. The number of nitrogens with one attached hydrogen (secondary N) is 1. The molecular formula is C25H25FN6O2S. The van der Waals surface area contributed by atoms with E-state index in [9.17, 15) is 9.18 Å². The number of thiophene rings is 1. The molecule has 1 amide bonds. The Morgan fingerprint density at radius 1 is 1.17 bits per heavy atom. The maximum Gasteiger partial charge on any atom is 0.291 e. The summed E-state index contributed by atoms with van der Waals surface area (Å²) in [5.41, 5.74) is 1.35. The molecule has 1 fully saturated rings. The van der Waals surface area contributed by atoms with Crippen molar-refractivity contribution < 1.29 is 13.9 Å². The van der Waals surface area contributed by atoms with Crippen molar-refractivity contribution in [3.8, 4) is 16.4 Å². The first-order valence-corrected chi connectivity index (χ1v) is 12.2. The summed E-state index contributed by atoms with van der Waals surface area (Å²) in [6.07, 6.45) is 2.06. The van der Waals surface area contributed by atoms with Crippen molar-refractivity contribution in [3.63, 3.8) is 0 Å². The van der Waals surface area contributed by atoms with E-state index in [-0.39, 0.29) is 24.6 Å². The van der Waals surface area contributed by atoms with E-state index < -0.39 is 11.7 Å². The van der Waals surface area contributed by atoms with Crippen LogP contribution in [0.3, 0.4) is 0 Å². The van der Waals surface area contributed by atoms with Crippen LogP contribution >= 0.6 is 11.3 Å². The molecule has 35 heavy (non-hydrogen) atoms. The molecule has 0 spiro atoms. The fourth-order valence-electron chi connectivity index (χ4n) is 4.10. The molecule has 1 N–H and O–H groups in total. The van der Waals surface area contributed by atoms with Gasteiger partial charge in [-0.15, -0.1) is 16.4 Å². The molecule has 4 aromatic rings. The van der Waals surface area contributed by atoms with Crippen LogP contribution in [0.15, 0.2) is 60.1 Å². The summed E-state index contributed by atoms with van der Waals surface area (Å²) >= 11 is 1.47. The highest BCUT2D eigenvalue weighted by molar-refractivity contribution is 7.13. The fraction of sp³-hybridized carbons (Fsp3) is 0.280. The average Bonchev–Trinajstić information content (AvgIpc) is 3.52. The molecule has 0 saturated carbocycles. The summed E-state index contributed by atoms with van der Waals surface area (Å²) in [5, 5.41) is 9.15. The molecule has 0 radical (unpaired) electrons. The van der Waals surface area contributed by atoms with Gasteiger partial charge < -0.3 is 15.0 Å². The molecule has 10 heteroatoms. The summed E-state index contributed by atoms with van der Waals surface area (Å²) in [6, 6.07) is 13.7. The second-order valence-corrected chi connectivity index (χ2v) is 9.45. The smallest absolute Gasteiger partial charge is 0.291 e. The van der Waals surface area contributed by atoms with Crippen molar-refractivity contribution >= 4 is 23.1 Å². The van der Waals surface area contributed by atoms with Gasteiger partial charge in [-0.1, -0.05) is 18.2 Å². The number of carbonyl (C=O) groups excluding carboxylic acids is 1. The van der Waals surface area contributed by atoms with Crippen LogP contribution in [0.5, 0.6) is 0 Å². The van der Waals surface area contributed by atoms with E-state index in [0.29, 0.717) is 11.5 Å². The van der Waals surface area contributed by atoms with Crippen LogP contribution in [0.2, 0.25) is 0 Å². The number of benzene rings is 1. The van der Waals surface area contributed by atoms with Crippen molar-refractivity contribution in [1.29, 1.82) is 0 Å². The number of nitrogens with zero attached hydrogens (tertiary/aromatic N) is 5. The zero-order chi connectivity index (χ0) is 24.4. The van der Waals surface area contributed by atoms with Crippen LogP contribution < -0.4 is 10.2 Å². The standard InChI is InChI=1S/C25H25FN6O2S/c1-16-14-31(15-17(2)34-16)22-9-8-18(12-27-22)13-28-25(33)23-29-24(21-7-4-10-35-21)32(30-23)20-6-3-5-19(26)11-20/h3-12,16-17H,13-15H2,1-2H3,(H,28,33). The topological polar surface area (TPSA) is 85.2 Å². The first-order valence-electron chi connectivity index (χ1n) is 11.4. The Hall–Kier alpha value is -3.63. The van der Waals surface area contributed by atoms with E-state index in [0.717, 1.165) is 29.3 Å². The van der Waals surface area contributed by atoms with Crippen molar-refractivity contribution in [2.75, 3.05) is 18.0 Å². The van der Waals surface area contributed by atoms with Gasteiger partial charge in [0.05, 0.1) is 22.8 Å². The summed E-state index contributed by atoms with van der Waals surface area (Å²) < 4.78 is 21.1. The largest absolute Gasteiger partial charge is 0.372 e. The fourth-order valence-corrected chi connectivity index (χ4v) is 4.79. The Labute approximate surface area is 206 Å². The highest BCUT2D eigenvalue weighted by Gasteiger charge is 2.23. The predicted octanol–water partition coefficient (Wildman–Crippen LogP) is 4.07. The molecule has 0 bridgehead atoms. The van der Waals surface area contributed by atoms with E-state index in [2.05, 4.69) is 39.1 Å². The molecule has 3 aromatic heterocycles. The van der Waals surface area contributed by atoms with Crippen molar-refractivity contribution in [2.45, 2.75) is 32.6 Å². The van der Waals surface area contributed by atoms with Crippen LogP contribution in [0.1, 0.15) is 30.0 Å². The minimum absolute atomic E-state index is 0.0125. The number of carbonyl (C=O) groups is 1. The normalized spacial score (nSPS) is 18.0. The van der Waals surface area contributed by atoms with Gasteiger partial charge in [-0.3, -0.25) is 4.79 Å². The number of morpholine rings is 1. The second kappa shape index (κ2) is 9.93. The lowest BCUT2D eigenvalue weighted by molar-refractivity contribution is -0.00546. The van der Waals surface area contributed by atoms with Crippen molar-refractivity contribution in [3.05, 3.63) is 77.3 Å². The van der Waals surface area contributed by atoms with Crippen LogP contribution in [0, 0.1) is 5.82 Å². The first-order chi connectivity index (χ1) is 17.0. The Balaban J connectivity index is 1.30. The predicted molar refractivity (Wildman–Crippen MR) is 132 cm³/mol. The third-order valence-electron chi connectivity index (χ3n) is 5.61. The molecule has 0 aliphatic carbocycles. The number of amides is 1. The number of hydrogen-bond acceptors (Lipinski definition) is 7. The molecule has 4 heterocycles. The summed E-state index contributed by atoms with van der Waals surface area (Å²) in [7, 11) is 0. The summed E-state index contributed by atoms with van der Waals surface area (Å²) in [6.45, 7) is 5.98. The molecular weight excluding hydrogens is 467 g/mol. The van der Waals surface area contributed by atoms with Crippen molar-refractivity contribution in [2.24, 2.45) is 0 Å². The minimum atomic E-state index is -0.419. The van der Waals surface area contributed by atoms with Gasteiger partial charge in [0, 0.05) is 25.8 Å². The zero-order valence-corrected chi connectivity index (χ0v) is 20.2. The number of hydrogen-bond donors (Lipinski definition) is 1. The zero-order valence-electron chi connectivity index (χ0n) is 19.4. The van der Waals surface area contributed by atoms with Gasteiger partial charge in [0.1, 0.15) is 11.6 Å². The highest BCUT2D eigenvalue weighted by Crippen LogP contribution is 2.26. The van der Waals surface area contributed by atoms with Gasteiger partial charge in [0.2, 0.25) is 5.82 Å². The van der Waals surface area contributed by atoms with Crippen LogP contribution in [-0.4, -0.2) is 51.0 Å². The number of anilines is 1. The van der Waals surface area contributed by atoms with E-state index in [4.69, 9.17) is 4.74 Å². The van der Waals surface area contributed by atoms with E-state index in [1.165, 1.54) is 28.2 Å². The Bertz CT molecular complexity index is 1300. The van der Waals surface area contributed by atoms with Crippen molar-refractivity contribution in [1.82, 2.24) is 25.1 Å². The number of aromatic nitrogens is 4. The third-order valence-corrected chi connectivity index (χ3v) is 6.48. The van der Waals surface area contributed by atoms with Crippen LogP contribution in [0.4, 0.5) is 10.2 Å². The monoisotopic (exact) mass is 492 g/mol. The third kappa shape index (κ3) is 5.23. The lowest BCUT2D eigenvalue weighted by Gasteiger charge is -2.36. The highest BCUT2D eigenvalue weighted by atomic mass is 32.1. The lowest BCUT2D eigenvalue weighted by Crippen LogP contribution is -2.45. The Morgan fingerprint density at radius 3 is 2.69 bits per heavy atom. The van der Waals surface area contributed by atoms with Gasteiger partial charge in [-0.2, -0.15) is 0 Å². The van der Waals surface area contributed by atoms with Crippen LogP contribution in [0.25, 0.3) is 16.4 Å². The van der Waals surface area contributed by atoms with E-state index >= 15 is 0 Å².